The zero-order valence-corrected chi connectivity index (χ0v) is 8.10. The molecule has 0 fully saturated rings. The van der Waals surface area contributed by atoms with Crippen molar-refractivity contribution in [2.45, 2.75) is 13.8 Å². The first-order chi connectivity index (χ1) is 6.79. The maximum Gasteiger partial charge on any atom is 0.0978 e. The second kappa shape index (κ2) is 3.49. The lowest BCUT2D eigenvalue weighted by atomic mass is 10.1. The molecule has 14 heavy (non-hydrogen) atoms. The normalized spacial score (nSPS) is 10.1. The Balaban J connectivity index is 2.58. The third kappa shape index (κ3) is 1.46. The topological polar surface area (TPSA) is 51.6 Å². The van der Waals surface area contributed by atoms with Gasteiger partial charge in [0.25, 0.3) is 0 Å². The molecule has 2 aromatic heterocycles. The highest BCUT2D eigenvalue weighted by Crippen LogP contribution is 2.20. The van der Waals surface area contributed by atoms with Crippen molar-refractivity contribution in [3.05, 3.63) is 35.8 Å². The monoisotopic (exact) mass is 186 g/mol. The van der Waals surface area contributed by atoms with Gasteiger partial charge in [0.05, 0.1) is 24.3 Å². The van der Waals surface area contributed by atoms with Gasteiger partial charge >= 0.3 is 0 Å². The maximum absolute atomic E-state index is 4.09. The molecule has 0 saturated carbocycles. The SMILES string of the molecule is Cc1cnnc(-c2ccnnc2)c1C. The zero-order chi connectivity index (χ0) is 9.97. The summed E-state index contributed by atoms with van der Waals surface area (Å²) in [5, 5.41) is 15.6. The Kier molecular flexibility index (Phi) is 2.18. The van der Waals surface area contributed by atoms with E-state index in [1.807, 2.05) is 19.9 Å². The molecule has 0 aliphatic rings. The molecule has 2 aromatic rings. The van der Waals surface area contributed by atoms with Crippen molar-refractivity contribution in [2.24, 2.45) is 0 Å². The number of hydrogen-bond acceptors (Lipinski definition) is 4. The van der Waals surface area contributed by atoms with Gasteiger partial charge in [-0.05, 0) is 31.0 Å². The number of aromatic nitrogens is 4. The molecule has 4 heteroatoms. The number of hydrogen-bond donors (Lipinski definition) is 0. The highest BCUT2D eigenvalue weighted by molar-refractivity contribution is 5.61. The van der Waals surface area contributed by atoms with Gasteiger partial charge in [0, 0.05) is 5.56 Å². The van der Waals surface area contributed by atoms with Crippen LogP contribution < -0.4 is 0 Å². The minimum Gasteiger partial charge on any atom is -0.159 e. The molecule has 4 nitrogen and oxygen atoms in total. The average molecular weight is 186 g/mol. The van der Waals surface area contributed by atoms with Gasteiger partial charge in [-0.2, -0.15) is 20.4 Å². The molecule has 0 radical (unpaired) electrons. The van der Waals surface area contributed by atoms with Crippen LogP contribution in [-0.2, 0) is 0 Å². The first kappa shape index (κ1) is 8.74. The molecule has 70 valence electrons. The predicted octanol–water partition coefficient (Wildman–Crippen LogP) is 1.55. The van der Waals surface area contributed by atoms with Crippen molar-refractivity contribution in [1.29, 1.82) is 0 Å². The van der Waals surface area contributed by atoms with Gasteiger partial charge in [-0.15, -0.1) is 0 Å². The highest BCUT2D eigenvalue weighted by Gasteiger charge is 2.05. The molecule has 2 rings (SSSR count). The molecule has 0 saturated heterocycles. The van der Waals surface area contributed by atoms with E-state index in [0.29, 0.717) is 0 Å². The number of nitrogens with zero attached hydrogens (tertiary/aromatic N) is 4. The Morgan fingerprint density at radius 3 is 2.57 bits per heavy atom. The Bertz CT molecular complexity index is 439. The molecule has 0 bridgehead atoms. The van der Waals surface area contributed by atoms with E-state index in [2.05, 4.69) is 20.4 Å². The van der Waals surface area contributed by atoms with Gasteiger partial charge in [-0.1, -0.05) is 0 Å². The van der Waals surface area contributed by atoms with Crippen LogP contribution in [-0.4, -0.2) is 20.4 Å². The summed E-state index contributed by atoms with van der Waals surface area (Å²) in [6.45, 7) is 4.04. The van der Waals surface area contributed by atoms with Crippen LogP contribution >= 0.6 is 0 Å². The van der Waals surface area contributed by atoms with Crippen LogP contribution in [0.2, 0.25) is 0 Å². The van der Waals surface area contributed by atoms with Crippen molar-refractivity contribution in [2.75, 3.05) is 0 Å². The summed E-state index contributed by atoms with van der Waals surface area (Å²) in [5.74, 6) is 0. The van der Waals surface area contributed by atoms with Gasteiger partial charge in [0.1, 0.15) is 0 Å². The van der Waals surface area contributed by atoms with E-state index in [0.717, 1.165) is 22.4 Å². The Labute approximate surface area is 82.0 Å². The van der Waals surface area contributed by atoms with E-state index >= 15 is 0 Å². The van der Waals surface area contributed by atoms with Gasteiger partial charge in [-0.3, -0.25) is 0 Å². The largest absolute Gasteiger partial charge is 0.159 e. The summed E-state index contributed by atoms with van der Waals surface area (Å²) in [7, 11) is 0. The van der Waals surface area contributed by atoms with Crippen molar-refractivity contribution in [3.63, 3.8) is 0 Å². The first-order valence-corrected chi connectivity index (χ1v) is 4.35. The maximum atomic E-state index is 4.09. The van der Waals surface area contributed by atoms with Crippen LogP contribution in [0, 0.1) is 13.8 Å². The smallest absolute Gasteiger partial charge is 0.0978 e. The average Bonchev–Trinajstić information content (AvgIpc) is 2.23. The second-order valence-electron chi connectivity index (χ2n) is 3.13. The molecule has 0 spiro atoms. The molecular formula is C10H10N4. The van der Waals surface area contributed by atoms with E-state index in [4.69, 9.17) is 0 Å². The first-order valence-electron chi connectivity index (χ1n) is 4.35. The van der Waals surface area contributed by atoms with Gasteiger partial charge in [-0.25, -0.2) is 0 Å². The molecule has 0 amide bonds. The van der Waals surface area contributed by atoms with Crippen LogP contribution in [0.5, 0.6) is 0 Å². The number of rotatable bonds is 1. The molecule has 0 unspecified atom stereocenters. The lowest BCUT2D eigenvalue weighted by Crippen LogP contribution is -1.95. The van der Waals surface area contributed by atoms with Crippen LogP contribution in [0.25, 0.3) is 11.3 Å². The summed E-state index contributed by atoms with van der Waals surface area (Å²) in [6, 6.07) is 1.88. The molecule has 0 aromatic carbocycles. The van der Waals surface area contributed by atoms with Crippen molar-refractivity contribution < 1.29 is 0 Å². The summed E-state index contributed by atoms with van der Waals surface area (Å²) in [5.41, 5.74) is 4.09. The zero-order valence-electron chi connectivity index (χ0n) is 8.10. The summed E-state index contributed by atoms with van der Waals surface area (Å²) in [6.07, 6.45) is 5.10. The van der Waals surface area contributed by atoms with E-state index < -0.39 is 0 Å². The quantitative estimate of drug-likeness (QED) is 0.678. The summed E-state index contributed by atoms with van der Waals surface area (Å²) in [4.78, 5) is 0. The second-order valence-corrected chi connectivity index (χ2v) is 3.13. The molecule has 0 aliphatic heterocycles. The minimum absolute atomic E-state index is 0.875. The fourth-order valence-electron chi connectivity index (χ4n) is 1.24. The van der Waals surface area contributed by atoms with Crippen molar-refractivity contribution >= 4 is 0 Å². The molecule has 0 atom stereocenters. The highest BCUT2D eigenvalue weighted by atomic mass is 15.1. The van der Waals surface area contributed by atoms with E-state index in [9.17, 15) is 0 Å². The Hall–Kier alpha value is -1.84. The van der Waals surface area contributed by atoms with Crippen LogP contribution in [0.1, 0.15) is 11.1 Å². The fourth-order valence-corrected chi connectivity index (χ4v) is 1.24. The van der Waals surface area contributed by atoms with Gasteiger partial charge in [0.2, 0.25) is 0 Å². The number of aryl methyl sites for hydroxylation is 1. The molecule has 2 heterocycles. The summed E-state index contributed by atoms with van der Waals surface area (Å²) < 4.78 is 0. The third-order valence-electron chi connectivity index (χ3n) is 2.21. The Morgan fingerprint density at radius 2 is 1.86 bits per heavy atom. The Morgan fingerprint density at radius 1 is 1.00 bits per heavy atom. The minimum atomic E-state index is 0.875. The van der Waals surface area contributed by atoms with Gasteiger partial charge < -0.3 is 0 Å². The van der Waals surface area contributed by atoms with Crippen LogP contribution in [0.15, 0.2) is 24.7 Å². The lowest BCUT2D eigenvalue weighted by molar-refractivity contribution is 0.987. The third-order valence-corrected chi connectivity index (χ3v) is 2.21. The molecule has 0 N–H and O–H groups in total. The van der Waals surface area contributed by atoms with Crippen molar-refractivity contribution in [1.82, 2.24) is 20.4 Å². The van der Waals surface area contributed by atoms with Crippen molar-refractivity contribution in [3.8, 4) is 11.3 Å². The summed E-state index contributed by atoms with van der Waals surface area (Å²) >= 11 is 0. The molecular weight excluding hydrogens is 176 g/mol. The van der Waals surface area contributed by atoms with Gasteiger partial charge in [0.15, 0.2) is 0 Å². The fraction of sp³-hybridized carbons (Fsp3) is 0.200. The standard InChI is InChI=1S/C10H10N4/c1-7-5-13-14-10(8(7)2)9-3-4-11-12-6-9/h3-6H,1-2H3. The lowest BCUT2D eigenvalue weighted by Gasteiger charge is -2.04. The predicted molar refractivity (Wildman–Crippen MR) is 52.5 cm³/mol. The van der Waals surface area contributed by atoms with E-state index in [-0.39, 0.29) is 0 Å². The molecule has 0 aliphatic carbocycles. The van der Waals surface area contributed by atoms with Crippen LogP contribution in [0.3, 0.4) is 0 Å². The van der Waals surface area contributed by atoms with E-state index in [1.165, 1.54) is 0 Å². The van der Waals surface area contributed by atoms with E-state index in [1.54, 1.807) is 18.6 Å². The van der Waals surface area contributed by atoms with Crippen LogP contribution in [0.4, 0.5) is 0 Å².